The van der Waals surface area contributed by atoms with Crippen molar-refractivity contribution < 1.29 is 53.2 Å². The van der Waals surface area contributed by atoms with Crippen LogP contribution in [0.2, 0.25) is 0 Å². The van der Waals surface area contributed by atoms with E-state index in [0.717, 1.165) is 23.5 Å². The number of esters is 2. The maximum atomic E-state index is 12.8. The van der Waals surface area contributed by atoms with Crippen molar-refractivity contribution >= 4 is 57.6 Å². The Bertz CT molecular complexity index is 844. The molecule has 4 rings (SSSR count). The van der Waals surface area contributed by atoms with Crippen LogP contribution in [0.25, 0.3) is 0 Å². The summed E-state index contributed by atoms with van der Waals surface area (Å²) < 4.78 is 16.3. The maximum absolute atomic E-state index is 12.8. The lowest BCUT2D eigenvalue weighted by Crippen LogP contribution is -2.47. The van der Waals surface area contributed by atoms with Crippen molar-refractivity contribution in [1.82, 2.24) is 0 Å². The predicted molar refractivity (Wildman–Crippen MR) is 111 cm³/mol. The van der Waals surface area contributed by atoms with Crippen LogP contribution in [0.15, 0.2) is 0 Å². The fourth-order valence-electron chi connectivity index (χ4n) is 5.46. The molecule has 180 valence electrons. The lowest BCUT2D eigenvalue weighted by Gasteiger charge is -2.29. The molecule has 4 heterocycles. The van der Waals surface area contributed by atoms with Crippen molar-refractivity contribution in [3.05, 3.63) is 0 Å². The SMILES string of the molecule is CC(=O)SC1CC2OC1C(C(=O)O)C2C(=O)OC(=O)C1C2CC(SC(C)=O)C(O2)C1C(=O)O. The molecular formula is C20H22O11S2. The van der Waals surface area contributed by atoms with Gasteiger partial charge in [0.25, 0.3) is 0 Å². The van der Waals surface area contributed by atoms with E-state index in [0.29, 0.717) is 0 Å². The summed E-state index contributed by atoms with van der Waals surface area (Å²) >= 11 is 1.91. The van der Waals surface area contributed by atoms with E-state index in [1.165, 1.54) is 13.8 Å². The van der Waals surface area contributed by atoms with Gasteiger partial charge in [0, 0.05) is 24.3 Å². The molecule has 4 aliphatic rings. The number of ether oxygens (including phenoxy) is 3. The number of hydrogen-bond donors (Lipinski definition) is 2. The summed E-state index contributed by atoms with van der Waals surface area (Å²) in [7, 11) is 0. The van der Waals surface area contributed by atoms with Gasteiger partial charge in [-0.15, -0.1) is 0 Å². The van der Waals surface area contributed by atoms with Crippen molar-refractivity contribution in [1.29, 1.82) is 0 Å². The number of fused-ring (bicyclic) bond motifs is 4. The number of carbonyl (C=O) groups is 6. The number of thioether (sulfide) groups is 2. The van der Waals surface area contributed by atoms with Crippen LogP contribution in [0.5, 0.6) is 0 Å². The van der Waals surface area contributed by atoms with E-state index in [4.69, 9.17) is 14.2 Å². The third-order valence-electron chi connectivity index (χ3n) is 6.56. The average molecular weight is 503 g/mol. The zero-order valence-corrected chi connectivity index (χ0v) is 19.2. The molecule has 33 heavy (non-hydrogen) atoms. The second kappa shape index (κ2) is 9.01. The Morgan fingerprint density at radius 2 is 1.06 bits per heavy atom. The molecule has 2 N–H and O–H groups in total. The van der Waals surface area contributed by atoms with Crippen molar-refractivity contribution in [2.75, 3.05) is 0 Å². The van der Waals surface area contributed by atoms with E-state index in [9.17, 15) is 39.0 Å². The second-order valence-corrected chi connectivity index (χ2v) is 11.4. The highest BCUT2D eigenvalue weighted by molar-refractivity contribution is 8.14. The summed E-state index contributed by atoms with van der Waals surface area (Å²) in [6.45, 7) is 2.71. The first-order valence-electron chi connectivity index (χ1n) is 10.4. The van der Waals surface area contributed by atoms with E-state index < -0.39 is 82.5 Å². The Hall–Kier alpha value is -1.96. The zero-order chi connectivity index (χ0) is 24.2. The van der Waals surface area contributed by atoms with Crippen LogP contribution in [-0.4, -0.2) is 79.2 Å². The van der Waals surface area contributed by atoms with Crippen LogP contribution in [0.4, 0.5) is 0 Å². The summed E-state index contributed by atoms with van der Waals surface area (Å²) in [5.41, 5.74) is 0. The van der Waals surface area contributed by atoms with Crippen LogP contribution in [0.3, 0.4) is 0 Å². The topological polar surface area (TPSA) is 171 Å². The Labute approximate surface area is 196 Å². The van der Waals surface area contributed by atoms with Crippen LogP contribution >= 0.6 is 23.5 Å². The molecule has 0 amide bonds. The molecule has 4 saturated heterocycles. The summed E-state index contributed by atoms with van der Waals surface area (Å²) in [4.78, 5) is 72.3. The molecule has 0 radical (unpaired) electrons. The van der Waals surface area contributed by atoms with Gasteiger partial charge in [-0.1, -0.05) is 23.5 Å². The molecule has 10 atom stereocenters. The number of carbonyl (C=O) groups excluding carboxylic acids is 4. The van der Waals surface area contributed by atoms with Gasteiger partial charge in [0.05, 0.1) is 48.1 Å². The summed E-state index contributed by atoms with van der Waals surface area (Å²) in [6.07, 6.45) is -2.89. The number of carboxylic acids is 2. The van der Waals surface area contributed by atoms with Gasteiger partial charge >= 0.3 is 23.9 Å². The van der Waals surface area contributed by atoms with Crippen molar-refractivity contribution in [2.24, 2.45) is 23.7 Å². The molecule has 0 spiro atoms. The van der Waals surface area contributed by atoms with Gasteiger partial charge in [-0.2, -0.15) is 0 Å². The van der Waals surface area contributed by atoms with Gasteiger partial charge in [0.1, 0.15) is 0 Å². The lowest BCUT2D eigenvalue weighted by molar-refractivity contribution is -0.173. The van der Waals surface area contributed by atoms with Gasteiger partial charge in [0.2, 0.25) is 0 Å². The smallest absolute Gasteiger partial charge is 0.320 e. The highest BCUT2D eigenvalue weighted by atomic mass is 32.2. The normalized spacial score (nSPS) is 40.5. The standard InChI is InChI=1S/C20H22O11S2/c1-5(21)32-9-3-7-11(13(17(23)24)15(9)29-7)19(27)31-20(28)12-8-4-10(33-6(2)22)16(30-8)14(12)18(25)26/h7-16H,3-4H2,1-2H3,(H,23,24)(H,25,26). The molecule has 11 nitrogen and oxygen atoms in total. The van der Waals surface area contributed by atoms with Crippen molar-refractivity contribution in [3.63, 3.8) is 0 Å². The first kappa shape index (κ1) is 24.2. The van der Waals surface area contributed by atoms with Crippen molar-refractivity contribution in [2.45, 2.75) is 61.6 Å². The highest BCUT2D eigenvalue weighted by Gasteiger charge is 2.63. The molecule has 0 aromatic carbocycles. The van der Waals surface area contributed by atoms with Gasteiger partial charge in [-0.05, 0) is 12.8 Å². The Kier molecular flexibility index (Phi) is 6.60. The largest absolute Gasteiger partial charge is 0.481 e. The Balaban J connectivity index is 1.46. The zero-order valence-electron chi connectivity index (χ0n) is 17.6. The number of carboxylic acid groups (broad SMARTS) is 2. The van der Waals surface area contributed by atoms with Gasteiger partial charge in [0.15, 0.2) is 10.2 Å². The van der Waals surface area contributed by atoms with Crippen LogP contribution in [0, 0.1) is 23.7 Å². The van der Waals surface area contributed by atoms with Gasteiger partial charge in [-0.3, -0.25) is 28.8 Å². The first-order valence-corrected chi connectivity index (χ1v) is 12.1. The predicted octanol–water partition coefficient (Wildman–Crippen LogP) is 0.329. The molecule has 0 aromatic heterocycles. The Morgan fingerprint density at radius 3 is 1.36 bits per heavy atom. The molecule has 0 aromatic rings. The molecule has 13 heteroatoms. The van der Waals surface area contributed by atoms with E-state index in [1.807, 2.05) is 0 Å². The number of rotatable bonds is 6. The molecular weight excluding hydrogens is 480 g/mol. The van der Waals surface area contributed by atoms with Crippen molar-refractivity contribution in [3.8, 4) is 0 Å². The average Bonchev–Trinajstić information content (AvgIpc) is 3.43. The molecule has 4 fully saturated rings. The molecule has 10 unspecified atom stereocenters. The first-order chi connectivity index (χ1) is 15.5. The minimum atomic E-state index is -1.30. The van der Waals surface area contributed by atoms with E-state index in [1.54, 1.807) is 0 Å². The van der Waals surface area contributed by atoms with Crippen LogP contribution in [0.1, 0.15) is 26.7 Å². The second-order valence-electron chi connectivity index (χ2n) is 8.57. The van der Waals surface area contributed by atoms with E-state index in [2.05, 4.69) is 0 Å². The number of hydrogen-bond acceptors (Lipinski definition) is 11. The van der Waals surface area contributed by atoms with Gasteiger partial charge in [-0.25, -0.2) is 0 Å². The monoisotopic (exact) mass is 502 g/mol. The summed E-state index contributed by atoms with van der Waals surface area (Å²) in [6, 6.07) is 0. The fraction of sp³-hybridized carbons (Fsp3) is 0.700. The minimum absolute atomic E-state index is 0.202. The summed E-state index contributed by atoms with van der Waals surface area (Å²) in [5, 5.41) is 18.1. The minimum Gasteiger partial charge on any atom is -0.481 e. The van der Waals surface area contributed by atoms with Crippen LogP contribution < -0.4 is 0 Å². The molecule has 4 aliphatic heterocycles. The molecule has 4 bridgehead atoms. The number of aliphatic carboxylic acids is 2. The summed E-state index contributed by atoms with van der Waals surface area (Å²) in [5.74, 6) is -9.86. The van der Waals surface area contributed by atoms with Crippen LogP contribution in [-0.2, 0) is 43.0 Å². The van der Waals surface area contributed by atoms with Gasteiger partial charge < -0.3 is 24.4 Å². The maximum Gasteiger partial charge on any atom is 0.320 e. The van der Waals surface area contributed by atoms with E-state index >= 15 is 0 Å². The quantitative estimate of drug-likeness (QED) is 0.376. The molecule has 0 aliphatic carbocycles. The lowest BCUT2D eigenvalue weighted by atomic mass is 9.78. The Morgan fingerprint density at radius 1 is 0.697 bits per heavy atom. The molecule has 0 saturated carbocycles. The fourth-order valence-corrected chi connectivity index (χ4v) is 7.62. The third-order valence-corrected chi connectivity index (χ3v) is 8.75. The third kappa shape index (κ3) is 4.31. The van der Waals surface area contributed by atoms with E-state index in [-0.39, 0.29) is 23.1 Å². The highest BCUT2D eigenvalue weighted by Crippen LogP contribution is 2.50.